The minimum atomic E-state index is -1.52. The summed E-state index contributed by atoms with van der Waals surface area (Å²) in [5.74, 6) is -8.11. The summed E-state index contributed by atoms with van der Waals surface area (Å²) in [6.07, 6.45) is 4.59. The molecule has 64 heavy (non-hydrogen) atoms. The first-order valence-electron chi connectivity index (χ1n) is 21.1. The number of pyridine rings is 1. The fraction of sp³-hybridized carbons (Fsp3) is 0.432. The minimum Gasteiger partial charge on any atom is -0.481 e. The van der Waals surface area contributed by atoms with E-state index in [-0.39, 0.29) is 31.0 Å². The van der Waals surface area contributed by atoms with E-state index >= 15 is 0 Å². The molecule has 0 spiro atoms. The predicted molar refractivity (Wildman–Crippen MR) is 238 cm³/mol. The Balaban J connectivity index is 1.61. The molecule has 20 heteroatoms. The van der Waals surface area contributed by atoms with Crippen LogP contribution in [0, 0.1) is 0 Å². The number of carboxylic acids is 2. The summed E-state index contributed by atoms with van der Waals surface area (Å²) in [7, 11) is 0. The van der Waals surface area contributed by atoms with Gasteiger partial charge >= 0.3 is 11.9 Å². The van der Waals surface area contributed by atoms with Crippen molar-refractivity contribution in [3.63, 3.8) is 0 Å². The van der Waals surface area contributed by atoms with E-state index in [9.17, 15) is 43.5 Å². The summed E-state index contributed by atoms with van der Waals surface area (Å²) in [5, 5.41) is 37.2. The van der Waals surface area contributed by atoms with Crippen LogP contribution in [0.1, 0.15) is 67.6 Å². The van der Waals surface area contributed by atoms with Crippen LogP contribution in [0.5, 0.6) is 0 Å². The Kier molecular flexibility index (Phi) is 20.7. The van der Waals surface area contributed by atoms with Gasteiger partial charge in [0.05, 0.1) is 12.6 Å². The van der Waals surface area contributed by atoms with Gasteiger partial charge in [-0.25, -0.2) is 4.79 Å². The number of amides is 6. The van der Waals surface area contributed by atoms with E-state index in [1.54, 1.807) is 85.2 Å². The van der Waals surface area contributed by atoms with E-state index in [2.05, 4.69) is 54.8 Å². The summed E-state index contributed by atoms with van der Waals surface area (Å²) in [6, 6.07) is 14.1. The maximum atomic E-state index is 14.7. The number of nitrogens with one attached hydrogen (secondary N) is 7. The van der Waals surface area contributed by atoms with Crippen molar-refractivity contribution in [1.29, 1.82) is 0 Å². The third-order valence-electron chi connectivity index (χ3n) is 10.5. The van der Waals surface area contributed by atoms with E-state index < -0.39 is 103 Å². The van der Waals surface area contributed by atoms with Crippen molar-refractivity contribution in [1.82, 2.24) is 42.2 Å². The highest BCUT2D eigenvalue weighted by molar-refractivity contribution is 7.80. The van der Waals surface area contributed by atoms with E-state index in [0.29, 0.717) is 42.5 Å². The third-order valence-corrected chi connectivity index (χ3v) is 10.9. The third kappa shape index (κ3) is 16.1. The van der Waals surface area contributed by atoms with Gasteiger partial charge in [-0.2, -0.15) is 12.6 Å². The van der Waals surface area contributed by atoms with Crippen LogP contribution in [-0.4, -0.2) is 124 Å². The minimum absolute atomic E-state index is 0.0600. The van der Waals surface area contributed by atoms with Gasteiger partial charge in [-0.3, -0.25) is 38.5 Å². The SMILES string of the molecule is NCCCC[C@H](NC(=O)[C@@H](NC(=O)[C@@H](CS)NC(=O)[C@@H](Cc1cccnc1)NC(=O)[C@@H]1CCCN1)C(c1ccccc1)c1ccccc1)C(=O)NCC(=O)N[C@@H](CCC(=O)O)C(=O)O. The number of carbonyl (C=O) groups excluding carboxylic acids is 6. The standard InChI is InChI=1S/C44H57N9O10S/c45-20-8-7-16-31(39(57)48-25-35(54)49-32(44(62)63)18-19-36(55)56)50-43(61)38(37(28-12-3-1-4-13-28)29-14-5-2-6-15-29)53-42(60)34(26-64)52-41(59)33(23-27-11-9-21-46-24-27)51-40(58)30-17-10-22-47-30/h1-6,9,11-15,21,24,30-34,37-38,47,64H,7-8,10,16-20,22-23,25-26,45H2,(H,48,57)(H,49,54)(H,50,61)(H,51,58)(H,52,59)(H,53,60)(H,55,56)(H,62,63)/t30-,31-,32-,33+,34+,38-/m0/s1. The molecule has 1 fully saturated rings. The lowest BCUT2D eigenvalue weighted by molar-refractivity contribution is -0.143. The highest BCUT2D eigenvalue weighted by atomic mass is 32.1. The van der Waals surface area contributed by atoms with Gasteiger partial charge in [0.1, 0.15) is 30.2 Å². The van der Waals surface area contributed by atoms with Crippen molar-refractivity contribution in [2.75, 3.05) is 25.4 Å². The fourth-order valence-electron chi connectivity index (χ4n) is 7.15. The Hall–Kier alpha value is -6.38. The lowest BCUT2D eigenvalue weighted by Gasteiger charge is -2.31. The normalized spacial score (nSPS) is 15.6. The molecule has 4 rings (SSSR count). The van der Waals surface area contributed by atoms with Gasteiger partial charge in [-0.1, -0.05) is 66.7 Å². The van der Waals surface area contributed by atoms with Crippen LogP contribution < -0.4 is 43.0 Å². The Bertz CT molecular complexity index is 1990. The van der Waals surface area contributed by atoms with Gasteiger partial charge in [0.15, 0.2) is 0 Å². The van der Waals surface area contributed by atoms with Crippen LogP contribution in [0.25, 0.3) is 0 Å². The van der Waals surface area contributed by atoms with Gasteiger partial charge in [0, 0.05) is 36.9 Å². The number of hydrogen-bond acceptors (Lipinski definition) is 12. The molecule has 1 aliphatic heterocycles. The van der Waals surface area contributed by atoms with Crippen molar-refractivity contribution >= 4 is 60.0 Å². The van der Waals surface area contributed by atoms with Gasteiger partial charge in [0.25, 0.3) is 0 Å². The number of nitrogens with zero attached hydrogens (tertiary/aromatic N) is 1. The van der Waals surface area contributed by atoms with Gasteiger partial charge < -0.3 is 53.2 Å². The Morgan fingerprint density at radius 2 is 1.39 bits per heavy atom. The number of carboxylic acid groups (broad SMARTS) is 2. The lowest BCUT2D eigenvalue weighted by atomic mass is 9.84. The Labute approximate surface area is 376 Å². The molecule has 6 amide bonds. The van der Waals surface area contributed by atoms with Crippen LogP contribution >= 0.6 is 12.6 Å². The molecule has 0 unspecified atom stereocenters. The first-order valence-corrected chi connectivity index (χ1v) is 21.7. The topological polar surface area (TPSA) is 300 Å². The molecular formula is C44H57N9O10S. The maximum absolute atomic E-state index is 14.7. The first-order chi connectivity index (χ1) is 30.8. The molecule has 0 radical (unpaired) electrons. The quantitative estimate of drug-likeness (QED) is 0.0367. The smallest absolute Gasteiger partial charge is 0.326 e. The van der Waals surface area contributed by atoms with Crippen LogP contribution in [0.2, 0.25) is 0 Å². The zero-order valence-electron chi connectivity index (χ0n) is 35.2. The monoisotopic (exact) mass is 903 g/mol. The molecule has 1 aromatic heterocycles. The van der Waals surface area contributed by atoms with E-state index in [1.165, 1.54) is 0 Å². The summed E-state index contributed by atoms with van der Waals surface area (Å²) < 4.78 is 0. The van der Waals surface area contributed by atoms with E-state index in [1.807, 2.05) is 0 Å². The van der Waals surface area contributed by atoms with Crippen molar-refractivity contribution in [3.05, 3.63) is 102 Å². The molecule has 344 valence electrons. The number of aliphatic carboxylic acids is 2. The molecule has 3 aromatic rings. The molecule has 1 aliphatic rings. The molecule has 11 N–H and O–H groups in total. The van der Waals surface area contributed by atoms with Crippen LogP contribution in [0.15, 0.2) is 85.2 Å². The van der Waals surface area contributed by atoms with Crippen molar-refractivity contribution in [3.8, 4) is 0 Å². The molecule has 6 atom stereocenters. The Morgan fingerprint density at radius 3 is 1.95 bits per heavy atom. The Morgan fingerprint density at radius 1 is 0.734 bits per heavy atom. The number of benzene rings is 2. The maximum Gasteiger partial charge on any atom is 0.326 e. The molecule has 2 heterocycles. The number of thiol groups is 1. The first kappa shape index (κ1) is 50.3. The molecule has 1 saturated heterocycles. The molecular weight excluding hydrogens is 847 g/mol. The second-order valence-corrected chi connectivity index (χ2v) is 15.6. The van der Waals surface area contributed by atoms with Crippen molar-refractivity contribution in [2.24, 2.45) is 5.73 Å². The van der Waals surface area contributed by atoms with Gasteiger partial charge in [-0.15, -0.1) is 0 Å². The average Bonchev–Trinajstić information content (AvgIpc) is 3.84. The van der Waals surface area contributed by atoms with Crippen LogP contribution in [-0.2, 0) is 44.8 Å². The molecule has 0 bridgehead atoms. The predicted octanol–water partition coefficient (Wildman–Crippen LogP) is -0.243. The number of hydrogen-bond donors (Lipinski definition) is 11. The molecule has 2 aromatic carbocycles. The number of carbonyl (C=O) groups is 8. The largest absolute Gasteiger partial charge is 0.481 e. The van der Waals surface area contributed by atoms with Crippen molar-refractivity contribution in [2.45, 2.75) is 93.5 Å². The molecule has 0 aliphatic carbocycles. The number of aromatic nitrogens is 1. The molecule has 0 saturated carbocycles. The highest BCUT2D eigenvalue weighted by Gasteiger charge is 2.37. The zero-order chi connectivity index (χ0) is 46.4. The lowest BCUT2D eigenvalue weighted by Crippen LogP contribution is -2.60. The molecule has 19 nitrogen and oxygen atoms in total. The van der Waals surface area contributed by atoms with Crippen molar-refractivity contribution < 1.29 is 48.6 Å². The number of nitrogens with two attached hydrogens (primary N) is 1. The van der Waals surface area contributed by atoms with E-state index in [0.717, 1.165) is 6.42 Å². The average molecular weight is 904 g/mol. The second kappa shape index (κ2) is 26.3. The fourth-order valence-corrected chi connectivity index (χ4v) is 7.40. The summed E-state index contributed by atoms with van der Waals surface area (Å²) in [4.78, 5) is 109. The van der Waals surface area contributed by atoms with Crippen LogP contribution in [0.4, 0.5) is 0 Å². The highest BCUT2D eigenvalue weighted by Crippen LogP contribution is 2.29. The number of rotatable bonds is 26. The van der Waals surface area contributed by atoms with Crippen LogP contribution in [0.3, 0.4) is 0 Å². The number of unbranched alkanes of at least 4 members (excludes halogenated alkanes) is 1. The van der Waals surface area contributed by atoms with E-state index in [4.69, 9.17) is 10.8 Å². The van der Waals surface area contributed by atoms with Gasteiger partial charge in [0.2, 0.25) is 35.4 Å². The summed E-state index contributed by atoms with van der Waals surface area (Å²) >= 11 is 4.39. The second-order valence-electron chi connectivity index (χ2n) is 15.3. The van der Waals surface area contributed by atoms with Gasteiger partial charge in [-0.05, 0) is 74.4 Å². The summed E-state index contributed by atoms with van der Waals surface area (Å²) in [6.45, 7) is 0.240. The summed E-state index contributed by atoms with van der Waals surface area (Å²) in [5.41, 5.74) is 7.63. The zero-order valence-corrected chi connectivity index (χ0v) is 36.1.